The maximum absolute atomic E-state index is 10.4. The molecule has 0 spiro atoms. The van der Waals surface area contributed by atoms with Crippen molar-refractivity contribution >= 4 is 17.3 Å². The Kier molecular flexibility index (Phi) is 2.28. The van der Waals surface area contributed by atoms with Gasteiger partial charge in [-0.25, -0.2) is 4.68 Å². The Bertz CT molecular complexity index is 435. The normalized spacial score (nSPS) is 10.3. The monoisotopic (exact) mass is 209 g/mol. The van der Waals surface area contributed by atoms with E-state index < -0.39 is 5.97 Å². The average Bonchev–Trinajstić information content (AvgIpc) is 2.69. The zero-order valence-corrected chi connectivity index (χ0v) is 7.94. The van der Waals surface area contributed by atoms with E-state index in [1.165, 1.54) is 4.68 Å². The molecule has 0 amide bonds. The Labute approximate surface area is 83.6 Å². The molecule has 0 bridgehead atoms. The van der Waals surface area contributed by atoms with E-state index in [0.717, 1.165) is 5.56 Å². The lowest BCUT2D eigenvalue weighted by atomic mass is 10.3. The van der Waals surface area contributed by atoms with E-state index in [9.17, 15) is 4.79 Å². The summed E-state index contributed by atoms with van der Waals surface area (Å²) >= 11 is 1.56. The largest absolute Gasteiger partial charge is 0.480 e. The molecule has 14 heavy (non-hydrogen) atoms. The molecule has 5 nitrogen and oxygen atoms in total. The van der Waals surface area contributed by atoms with Gasteiger partial charge in [0.05, 0.1) is 6.20 Å². The molecule has 0 saturated carbocycles. The molecule has 2 heterocycles. The molecular weight excluding hydrogens is 202 g/mol. The van der Waals surface area contributed by atoms with E-state index in [1.54, 1.807) is 17.5 Å². The number of nitrogens with zero attached hydrogens (tertiary/aromatic N) is 3. The lowest BCUT2D eigenvalue weighted by Crippen LogP contribution is -2.08. The highest BCUT2D eigenvalue weighted by Gasteiger charge is 2.05. The SMILES string of the molecule is O=C(O)Cn1cc(-c2ccsc2)nn1. The lowest BCUT2D eigenvalue weighted by Gasteiger charge is -1.90. The van der Waals surface area contributed by atoms with Crippen LogP contribution < -0.4 is 0 Å². The number of carboxylic acids is 1. The van der Waals surface area contributed by atoms with Crippen molar-refractivity contribution in [1.29, 1.82) is 0 Å². The van der Waals surface area contributed by atoms with Gasteiger partial charge in [0, 0.05) is 10.9 Å². The van der Waals surface area contributed by atoms with Crippen LogP contribution in [0, 0.1) is 0 Å². The van der Waals surface area contributed by atoms with Gasteiger partial charge >= 0.3 is 5.97 Å². The summed E-state index contributed by atoms with van der Waals surface area (Å²) in [5, 5.41) is 20.0. The van der Waals surface area contributed by atoms with E-state index >= 15 is 0 Å². The average molecular weight is 209 g/mol. The second-order valence-electron chi connectivity index (χ2n) is 2.71. The number of carbonyl (C=O) groups is 1. The second-order valence-corrected chi connectivity index (χ2v) is 3.49. The van der Waals surface area contributed by atoms with E-state index in [2.05, 4.69) is 10.3 Å². The van der Waals surface area contributed by atoms with Gasteiger partial charge in [0.25, 0.3) is 0 Å². The zero-order chi connectivity index (χ0) is 9.97. The van der Waals surface area contributed by atoms with Gasteiger partial charge in [-0.3, -0.25) is 4.79 Å². The molecule has 0 aliphatic rings. The first-order valence-corrected chi connectivity index (χ1v) is 4.84. The number of aliphatic carboxylic acids is 1. The molecule has 2 rings (SSSR count). The van der Waals surface area contributed by atoms with Crippen LogP contribution in [0.5, 0.6) is 0 Å². The molecule has 0 saturated heterocycles. The molecule has 0 aliphatic heterocycles. The van der Waals surface area contributed by atoms with E-state index in [1.807, 2.05) is 16.8 Å². The Morgan fingerprint density at radius 1 is 1.64 bits per heavy atom. The molecule has 72 valence electrons. The fraction of sp³-hybridized carbons (Fsp3) is 0.125. The van der Waals surface area contributed by atoms with Crippen molar-refractivity contribution in [2.24, 2.45) is 0 Å². The highest BCUT2D eigenvalue weighted by molar-refractivity contribution is 7.08. The fourth-order valence-corrected chi connectivity index (χ4v) is 1.71. The summed E-state index contributed by atoms with van der Waals surface area (Å²) < 4.78 is 1.30. The summed E-state index contributed by atoms with van der Waals surface area (Å²) in [5.41, 5.74) is 1.67. The first kappa shape index (κ1) is 8.89. The summed E-state index contributed by atoms with van der Waals surface area (Å²) in [5.74, 6) is -0.924. The van der Waals surface area contributed by atoms with Gasteiger partial charge in [-0.1, -0.05) is 5.21 Å². The minimum atomic E-state index is -0.924. The van der Waals surface area contributed by atoms with Gasteiger partial charge in [0.2, 0.25) is 0 Å². The number of rotatable bonds is 3. The van der Waals surface area contributed by atoms with Gasteiger partial charge in [0.1, 0.15) is 12.2 Å². The van der Waals surface area contributed by atoms with Crippen molar-refractivity contribution in [3.05, 3.63) is 23.0 Å². The van der Waals surface area contributed by atoms with E-state index in [-0.39, 0.29) is 6.54 Å². The van der Waals surface area contributed by atoms with Gasteiger partial charge in [-0.2, -0.15) is 11.3 Å². The minimum Gasteiger partial charge on any atom is -0.480 e. The number of thiophene rings is 1. The highest BCUT2D eigenvalue weighted by Crippen LogP contribution is 2.18. The molecule has 0 aromatic carbocycles. The number of aromatic nitrogens is 3. The summed E-state index contributed by atoms with van der Waals surface area (Å²) in [6, 6.07) is 1.92. The van der Waals surface area contributed by atoms with Gasteiger partial charge in [-0.15, -0.1) is 5.10 Å². The van der Waals surface area contributed by atoms with E-state index in [0.29, 0.717) is 5.69 Å². The first-order valence-electron chi connectivity index (χ1n) is 3.90. The van der Waals surface area contributed by atoms with Gasteiger partial charge in [-0.05, 0) is 11.4 Å². The summed E-state index contributed by atoms with van der Waals surface area (Å²) in [7, 11) is 0. The summed E-state index contributed by atoms with van der Waals surface area (Å²) in [6.07, 6.45) is 1.62. The first-order chi connectivity index (χ1) is 6.75. The van der Waals surface area contributed by atoms with Crippen LogP contribution in [-0.2, 0) is 11.3 Å². The third-order valence-corrected chi connectivity index (χ3v) is 2.34. The molecule has 0 unspecified atom stereocenters. The molecule has 0 atom stereocenters. The van der Waals surface area contributed by atoms with Crippen molar-refractivity contribution in [2.75, 3.05) is 0 Å². The minimum absolute atomic E-state index is 0.156. The van der Waals surface area contributed by atoms with Crippen molar-refractivity contribution < 1.29 is 9.90 Å². The van der Waals surface area contributed by atoms with Crippen molar-refractivity contribution in [1.82, 2.24) is 15.0 Å². The van der Waals surface area contributed by atoms with Crippen LogP contribution in [0.2, 0.25) is 0 Å². The number of carboxylic acid groups (broad SMARTS) is 1. The molecule has 2 aromatic rings. The van der Waals surface area contributed by atoms with Crippen LogP contribution in [-0.4, -0.2) is 26.1 Å². The molecule has 0 aliphatic carbocycles. The predicted molar refractivity (Wildman–Crippen MR) is 51.0 cm³/mol. The second kappa shape index (κ2) is 3.59. The standard InChI is InChI=1S/C8H7N3O2S/c12-8(13)4-11-3-7(9-10-11)6-1-2-14-5-6/h1-3,5H,4H2,(H,12,13). The molecular formula is C8H7N3O2S. The quantitative estimate of drug-likeness (QED) is 0.821. The van der Waals surface area contributed by atoms with Crippen LogP contribution in [0.4, 0.5) is 0 Å². The molecule has 0 radical (unpaired) electrons. The number of hydrogen-bond donors (Lipinski definition) is 1. The summed E-state index contributed by atoms with van der Waals surface area (Å²) in [4.78, 5) is 10.4. The summed E-state index contributed by atoms with van der Waals surface area (Å²) in [6.45, 7) is -0.156. The van der Waals surface area contributed by atoms with Crippen LogP contribution in [0.1, 0.15) is 0 Å². The third-order valence-electron chi connectivity index (χ3n) is 1.65. The van der Waals surface area contributed by atoms with Gasteiger partial charge < -0.3 is 5.11 Å². The van der Waals surface area contributed by atoms with E-state index in [4.69, 9.17) is 5.11 Å². The van der Waals surface area contributed by atoms with Crippen LogP contribution in [0.3, 0.4) is 0 Å². The zero-order valence-electron chi connectivity index (χ0n) is 7.12. The smallest absolute Gasteiger partial charge is 0.325 e. The predicted octanol–water partition coefficient (Wildman–Crippen LogP) is 1.09. The van der Waals surface area contributed by atoms with Crippen molar-refractivity contribution in [3.8, 4) is 11.3 Å². The molecule has 6 heteroatoms. The highest BCUT2D eigenvalue weighted by atomic mass is 32.1. The van der Waals surface area contributed by atoms with Crippen molar-refractivity contribution in [3.63, 3.8) is 0 Å². The lowest BCUT2D eigenvalue weighted by molar-refractivity contribution is -0.137. The topological polar surface area (TPSA) is 68.0 Å². The van der Waals surface area contributed by atoms with Crippen LogP contribution in [0.15, 0.2) is 23.0 Å². The molecule has 1 N–H and O–H groups in total. The van der Waals surface area contributed by atoms with Crippen molar-refractivity contribution in [2.45, 2.75) is 6.54 Å². The Balaban J connectivity index is 2.22. The maximum atomic E-state index is 10.4. The van der Waals surface area contributed by atoms with Crippen LogP contribution >= 0.6 is 11.3 Å². The molecule has 2 aromatic heterocycles. The third kappa shape index (κ3) is 1.80. The van der Waals surface area contributed by atoms with Crippen LogP contribution in [0.25, 0.3) is 11.3 Å². The molecule has 0 fully saturated rings. The number of hydrogen-bond acceptors (Lipinski definition) is 4. The Morgan fingerprint density at radius 2 is 2.50 bits per heavy atom. The maximum Gasteiger partial charge on any atom is 0.325 e. The van der Waals surface area contributed by atoms with Gasteiger partial charge in [0.15, 0.2) is 0 Å². The Morgan fingerprint density at radius 3 is 3.14 bits per heavy atom. The fourth-order valence-electron chi connectivity index (χ4n) is 1.06. The Hall–Kier alpha value is -1.69.